The molecule has 0 spiro atoms. The minimum atomic E-state index is -0.0296. The van der Waals surface area contributed by atoms with E-state index in [1.165, 1.54) is 17.3 Å². The van der Waals surface area contributed by atoms with E-state index in [4.69, 9.17) is 0 Å². The van der Waals surface area contributed by atoms with Crippen molar-refractivity contribution in [3.05, 3.63) is 71.0 Å². The molecule has 1 amide bonds. The van der Waals surface area contributed by atoms with Gasteiger partial charge in [-0.25, -0.2) is 0 Å². The van der Waals surface area contributed by atoms with Crippen molar-refractivity contribution < 1.29 is 4.79 Å². The monoisotopic (exact) mass is 394 g/mol. The number of amides is 1. The molecule has 0 aliphatic heterocycles. The van der Waals surface area contributed by atoms with Crippen LogP contribution in [0.2, 0.25) is 0 Å². The average molecular weight is 395 g/mol. The zero-order chi connectivity index (χ0) is 19.9. The molecule has 1 heterocycles. The molecule has 6 heteroatoms. The Bertz CT molecular complexity index is 917. The van der Waals surface area contributed by atoms with Gasteiger partial charge < -0.3 is 9.88 Å². The maximum Gasteiger partial charge on any atom is 0.234 e. The van der Waals surface area contributed by atoms with E-state index in [1.807, 2.05) is 50.2 Å². The Hall–Kier alpha value is -2.60. The molecule has 3 aromatic rings. The van der Waals surface area contributed by atoms with Gasteiger partial charge in [-0.3, -0.25) is 4.79 Å². The van der Waals surface area contributed by atoms with Crippen molar-refractivity contribution in [2.75, 3.05) is 11.1 Å². The summed E-state index contributed by atoms with van der Waals surface area (Å²) in [6.07, 6.45) is 1.73. The number of anilines is 1. The van der Waals surface area contributed by atoms with E-state index in [9.17, 15) is 4.79 Å². The largest absolute Gasteiger partial charge is 0.325 e. The second kappa shape index (κ2) is 9.55. The van der Waals surface area contributed by atoms with Crippen molar-refractivity contribution in [3.8, 4) is 0 Å². The highest BCUT2D eigenvalue weighted by Gasteiger charge is 2.15. The van der Waals surface area contributed by atoms with Crippen molar-refractivity contribution in [3.63, 3.8) is 0 Å². The Morgan fingerprint density at radius 2 is 1.75 bits per heavy atom. The number of carbonyl (C=O) groups excluding carboxylic acids is 1. The van der Waals surface area contributed by atoms with E-state index in [2.05, 4.69) is 39.1 Å². The number of nitrogens with one attached hydrogen (secondary N) is 1. The number of thioether (sulfide) groups is 1. The molecule has 0 aliphatic carbocycles. The van der Waals surface area contributed by atoms with Crippen LogP contribution in [0, 0.1) is 13.8 Å². The molecule has 1 N–H and O–H groups in total. The topological polar surface area (TPSA) is 59.8 Å². The average Bonchev–Trinajstić information content (AvgIpc) is 3.06. The molecule has 0 radical (unpaired) electrons. The fourth-order valence-corrected chi connectivity index (χ4v) is 3.88. The van der Waals surface area contributed by atoms with Gasteiger partial charge in [-0.05, 0) is 37.0 Å². The number of hydrogen-bond acceptors (Lipinski definition) is 4. The molecule has 0 aliphatic rings. The molecular weight excluding hydrogens is 368 g/mol. The molecule has 5 nitrogen and oxygen atoms in total. The third-order valence-corrected chi connectivity index (χ3v) is 5.49. The quantitative estimate of drug-likeness (QED) is 0.566. The number of hydrogen-bond donors (Lipinski definition) is 1. The lowest BCUT2D eigenvalue weighted by atomic mass is 10.1. The SMILES string of the molecule is CCCn1c(Cc2ccccc2)nnc1SCC(=O)Nc1c(C)cccc1C. The summed E-state index contributed by atoms with van der Waals surface area (Å²) >= 11 is 1.43. The second-order valence-corrected chi connectivity index (χ2v) is 7.76. The van der Waals surface area contributed by atoms with Crippen LogP contribution >= 0.6 is 11.8 Å². The molecule has 146 valence electrons. The van der Waals surface area contributed by atoms with E-state index in [0.717, 1.165) is 47.2 Å². The normalized spacial score (nSPS) is 10.8. The van der Waals surface area contributed by atoms with Gasteiger partial charge in [0.05, 0.1) is 5.75 Å². The highest BCUT2D eigenvalue weighted by Crippen LogP contribution is 2.22. The van der Waals surface area contributed by atoms with Crippen LogP contribution in [0.15, 0.2) is 53.7 Å². The summed E-state index contributed by atoms with van der Waals surface area (Å²) in [6.45, 7) is 6.98. The van der Waals surface area contributed by atoms with Gasteiger partial charge in [0, 0.05) is 18.7 Å². The van der Waals surface area contributed by atoms with Gasteiger partial charge >= 0.3 is 0 Å². The Morgan fingerprint density at radius 3 is 2.43 bits per heavy atom. The maximum atomic E-state index is 12.5. The Morgan fingerprint density at radius 1 is 1.04 bits per heavy atom. The number of rotatable bonds is 8. The van der Waals surface area contributed by atoms with Crippen LogP contribution in [-0.2, 0) is 17.8 Å². The van der Waals surface area contributed by atoms with Crippen LogP contribution in [0.5, 0.6) is 0 Å². The number of para-hydroxylation sites is 1. The molecule has 0 bridgehead atoms. The summed E-state index contributed by atoms with van der Waals surface area (Å²) in [5.41, 5.74) is 4.24. The minimum absolute atomic E-state index is 0.0296. The van der Waals surface area contributed by atoms with Crippen molar-refractivity contribution in [2.45, 2.75) is 45.3 Å². The number of aryl methyl sites for hydroxylation is 2. The van der Waals surface area contributed by atoms with E-state index >= 15 is 0 Å². The molecule has 28 heavy (non-hydrogen) atoms. The van der Waals surface area contributed by atoms with Gasteiger partial charge in [-0.15, -0.1) is 10.2 Å². The van der Waals surface area contributed by atoms with Gasteiger partial charge in [0.1, 0.15) is 5.82 Å². The summed E-state index contributed by atoms with van der Waals surface area (Å²) in [5, 5.41) is 12.5. The Kier molecular flexibility index (Phi) is 6.87. The molecular formula is C22H26N4OS. The summed E-state index contributed by atoms with van der Waals surface area (Å²) in [5.74, 6) is 1.21. The Labute approximate surface area is 170 Å². The van der Waals surface area contributed by atoms with Gasteiger partial charge in [-0.1, -0.05) is 67.2 Å². The molecule has 0 saturated carbocycles. The predicted molar refractivity (Wildman–Crippen MR) is 115 cm³/mol. The van der Waals surface area contributed by atoms with Crippen molar-refractivity contribution in [1.82, 2.24) is 14.8 Å². The minimum Gasteiger partial charge on any atom is -0.325 e. The van der Waals surface area contributed by atoms with E-state index in [-0.39, 0.29) is 5.91 Å². The summed E-state index contributed by atoms with van der Waals surface area (Å²) in [4.78, 5) is 12.5. The second-order valence-electron chi connectivity index (χ2n) is 6.82. The third-order valence-electron chi connectivity index (χ3n) is 4.52. The lowest BCUT2D eigenvalue weighted by Gasteiger charge is -2.12. The smallest absolute Gasteiger partial charge is 0.234 e. The lowest BCUT2D eigenvalue weighted by Crippen LogP contribution is -2.16. The number of benzene rings is 2. The van der Waals surface area contributed by atoms with Crippen LogP contribution < -0.4 is 5.32 Å². The van der Waals surface area contributed by atoms with Crippen molar-refractivity contribution >= 4 is 23.4 Å². The third kappa shape index (κ3) is 5.01. The lowest BCUT2D eigenvalue weighted by molar-refractivity contribution is -0.113. The number of aromatic nitrogens is 3. The van der Waals surface area contributed by atoms with Crippen LogP contribution in [0.4, 0.5) is 5.69 Å². The standard InChI is InChI=1S/C22H26N4OS/c1-4-13-26-19(14-18-11-6-5-7-12-18)24-25-22(26)28-15-20(27)23-21-16(2)9-8-10-17(21)3/h5-12H,4,13-15H2,1-3H3,(H,23,27). The highest BCUT2D eigenvalue weighted by atomic mass is 32.2. The van der Waals surface area contributed by atoms with Gasteiger partial charge in [0.2, 0.25) is 5.91 Å². The number of carbonyl (C=O) groups is 1. The molecule has 0 fully saturated rings. The zero-order valence-corrected chi connectivity index (χ0v) is 17.4. The molecule has 2 aromatic carbocycles. The van der Waals surface area contributed by atoms with Gasteiger partial charge in [0.25, 0.3) is 0 Å². The first-order valence-corrected chi connectivity index (χ1v) is 10.5. The summed E-state index contributed by atoms with van der Waals surface area (Å²) in [7, 11) is 0. The maximum absolute atomic E-state index is 12.5. The first-order valence-electron chi connectivity index (χ1n) is 9.53. The van der Waals surface area contributed by atoms with Crippen molar-refractivity contribution in [2.24, 2.45) is 0 Å². The van der Waals surface area contributed by atoms with Crippen LogP contribution in [0.1, 0.15) is 35.9 Å². The van der Waals surface area contributed by atoms with E-state index in [0.29, 0.717) is 5.75 Å². The zero-order valence-electron chi connectivity index (χ0n) is 16.6. The fraction of sp³-hybridized carbons (Fsp3) is 0.318. The molecule has 0 atom stereocenters. The molecule has 1 aromatic heterocycles. The van der Waals surface area contributed by atoms with Crippen molar-refractivity contribution in [1.29, 1.82) is 0 Å². The van der Waals surface area contributed by atoms with E-state index in [1.54, 1.807) is 0 Å². The summed E-state index contributed by atoms with van der Waals surface area (Å²) < 4.78 is 2.13. The summed E-state index contributed by atoms with van der Waals surface area (Å²) in [6, 6.07) is 16.3. The first-order chi connectivity index (χ1) is 13.6. The van der Waals surface area contributed by atoms with Gasteiger partial charge in [-0.2, -0.15) is 0 Å². The number of nitrogens with zero attached hydrogens (tertiary/aromatic N) is 3. The van der Waals surface area contributed by atoms with Gasteiger partial charge in [0.15, 0.2) is 5.16 Å². The van der Waals surface area contributed by atoms with Crippen LogP contribution in [-0.4, -0.2) is 26.4 Å². The van der Waals surface area contributed by atoms with Crippen LogP contribution in [0.3, 0.4) is 0 Å². The Balaban J connectivity index is 1.67. The highest BCUT2D eigenvalue weighted by molar-refractivity contribution is 7.99. The fourth-order valence-electron chi connectivity index (χ4n) is 3.10. The first kappa shape index (κ1) is 20.1. The van der Waals surface area contributed by atoms with Crippen LogP contribution in [0.25, 0.3) is 0 Å². The predicted octanol–water partition coefficient (Wildman–Crippen LogP) is 4.63. The molecule has 3 rings (SSSR count). The van der Waals surface area contributed by atoms with E-state index < -0.39 is 0 Å². The molecule has 0 saturated heterocycles. The molecule has 0 unspecified atom stereocenters.